The molecule has 0 bridgehead atoms. The molecule has 1 N–H and O–H groups in total. The molecule has 3 aromatic rings. The number of anilines is 2. The number of fused-ring (bicyclic) bond motifs is 1. The van der Waals surface area contributed by atoms with Crippen molar-refractivity contribution < 1.29 is 4.79 Å². The van der Waals surface area contributed by atoms with E-state index in [2.05, 4.69) is 43.1 Å². The molecule has 0 aliphatic carbocycles. The number of nitrogens with zero attached hydrogens (tertiary/aromatic N) is 4. The molecule has 1 amide bonds. The summed E-state index contributed by atoms with van der Waals surface area (Å²) in [6.45, 7) is 6.90. The Kier molecular flexibility index (Phi) is 7.23. The number of likely N-dealkylation sites (N-methyl/N-ethyl adjacent to an activating group) is 2. The lowest BCUT2D eigenvalue weighted by molar-refractivity contribution is 0.102. The number of hydrogen-bond acceptors (Lipinski definition) is 4. The largest absolute Gasteiger partial charge is 0.355 e. The van der Waals surface area contributed by atoms with E-state index >= 15 is 0 Å². The van der Waals surface area contributed by atoms with Gasteiger partial charge in [0.2, 0.25) is 0 Å². The van der Waals surface area contributed by atoms with Crippen molar-refractivity contribution in [3.05, 3.63) is 57.8 Å². The number of amides is 1. The minimum atomic E-state index is -0.218. The van der Waals surface area contributed by atoms with Gasteiger partial charge in [0.05, 0.1) is 21.3 Å². The van der Waals surface area contributed by atoms with Gasteiger partial charge in [-0.2, -0.15) is 0 Å². The van der Waals surface area contributed by atoms with Gasteiger partial charge in [0.1, 0.15) is 11.5 Å². The van der Waals surface area contributed by atoms with E-state index in [1.807, 2.05) is 16.7 Å². The third-order valence-corrected chi connectivity index (χ3v) is 5.67. The number of carbonyl (C=O) groups excluding carboxylic acids is 1. The molecule has 0 radical (unpaired) electrons. The van der Waals surface area contributed by atoms with Crippen LogP contribution < -0.4 is 10.2 Å². The molecule has 0 saturated carbocycles. The van der Waals surface area contributed by atoms with E-state index in [-0.39, 0.29) is 5.91 Å². The summed E-state index contributed by atoms with van der Waals surface area (Å²) in [7, 11) is 4.13. The summed E-state index contributed by atoms with van der Waals surface area (Å²) in [5.74, 6) is 0.824. The van der Waals surface area contributed by atoms with Gasteiger partial charge in [0.15, 0.2) is 0 Å². The summed E-state index contributed by atoms with van der Waals surface area (Å²) in [5.41, 5.74) is 2.99. The monoisotopic (exact) mass is 447 g/mol. The van der Waals surface area contributed by atoms with Crippen LogP contribution in [0.15, 0.2) is 36.5 Å². The van der Waals surface area contributed by atoms with Crippen LogP contribution >= 0.6 is 23.2 Å². The van der Waals surface area contributed by atoms with Gasteiger partial charge in [-0.15, -0.1) is 0 Å². The highest BCUT2D eigenvalue weighted by Crippen LogP contribution is 2.26. The lowest BCUT2D eigenvalue weighted by Gasteiger charge is -2.25. The second-order valence-electron chi connectivity index (χ2n) is 7.35. The summed E-state index contributed by atoms with van der Waals surface area (Å²) in [4.78, 5) is 22.1. The molecule has 3 rings (SSSR count). The highest BCUT2D eigenvalue weighted by Gasteiger charge is 2.18. The molecule has 0 fully saturated rings. The number of nitrogens with one attached hydrogen (secondary N) is 1. The molecule has 0 aliphatic heterocycles. The molecule has 2 aromatic heterocycles. The molecule has 2 heterocycles. The lowest BCUT2D eigenvalue weighted by Crippen LogP contribution is -2.33. The first-order chi connectivity index (χ1) is 14.3. The topological polar surface area (TPSA) is 52.9 Å². The highest BCUT2D eigenvalue weighted by molar-refractivity contribution is 6.42. The van der Waals surface area contributed by atoms with Gasteiger partial charge in [0, 0.05) is 31.5 Å². The van der Waals surface area contributed by atoms with Gasteiger partial charge in [-0.25, -0.2) is 4.98 Å². The van der Waals surface area contributed by atoms with Gasteiger partial charge in [0.25, 0.3) is 5.91 Å². The number of aryl methyl sites for hydroxylation is 1. The number of rotatable bonds is 8. The molecule has 0 saturated heterocycles. The molecule has 1 aromatic carbocycles. The smallest absolute Gasteiger partial charge is 0.257 e. The fourth-order valence-corrected chi connectivity index (χ4v) is 3.60. The van der Waals surface area contributed by atoms with Crippen molar-refractivity contribution in [2.24, 2.45) is 0 Å². The second kappa shape index (κ2) is 9.69. The van der Waals surface area contributed by atoms with Gasteiger partial charge < -0.3 is 15.1 Å². The Morgan fingerprint density at radius 3 is 2.50 bits per heavy atom. The van der Waals surface area contributed by atoms with E-state index in [0.29, 0.717) is 21.3 Å². The number of imidazole rings is 1. The zero-order chi connectivity index (χ0) is 21.8. The van der Waals surface area contributed by atoms with Crippen LogP contribution in [0.1, 0.15) is 29.9 Å². The maximum absolute atomic E-state index is 12.9. The van der Waals surface area contributed by atoms with Crippen LogP contribution in [0, 0.1) is 0 Å². The van der Waals surface area contributed by atoms with Crippen LogP contribution in [0.5, 0.6) is 0 Å². The van der Waals surface area contributed by atoms with E-state index in [1.165, 1.54) is 0 Å². The molecule has 0 atom stereocenters. The standard InChI is InChI=1S/C22H27Cl2N5O/c1-5-19-22(28(6-2)12-11-27(3)4)29-14-15(7-10-20(29)26-19)21(30)25-16-8-9-17(23)18(24)13-16/h7-10,13-14H,5-6,11-12H2,1-4H3,(H,25,30). The van der Waals surface area contributed by atoms with Crippen molar-refractivity contribution in [2.75, 3.05) is 43.9 Å². The van der Waals surface area contributed by atoms with Gasteiger partial charge >= 0.3 is 0 Å². The zero-order valence-electron chi connectivity index (χ0n) is 17.7. The third kappa shape index (κ3) is 4.89. The molecule has 0 aliphatic rings. The lowest BCUT2D eigenvalue weighted by atomic mass is 10.2. The van der Waals surface area contributed by atoms with Gasteiger partial charge in [-0.05, 0) is 57.8 Å². The minimum absolute atomic E-state index is 0.218. The zero-order valence-corrected chi connectivity index (χ0v) is 19.3. The predicted molar refractivity (Wildman–Crippen MR) is 125 cm³/mol. The highest BCUT2D eigenvalue weighted by atomic mass is 35.5. The summed E-state index contributed by atoms with van der Waals surface area (Å²) in [6.07, 6.45) is 2.67. The Hall–Kier alpha value is -2.28. The molecular weight excluding hydrogens is 421 g/mol. The van der Waals surface area contributed by atoms with Crippen LogP contribution in [-0.2, 0) is 6.42 Å². The Morgan fingerprint density at radius 2 is 1.87 bits per heavy atom. The molecule has 8 heteroatoms. The van der Waals surface area contributed by atoms with Crippen LogP contribution in [0.4, 0.5) is 11.5 Å². The fourth-order valence-electron chi connectivity index (χ4n) is 3.30. The van der Waals surface area contributed by atoms with E-state index in [1.54, 1.807) is 24.3 Å². The third-order valence-electron chi connectivity index (χ3n) is 4.94. The molecular formula is C22H27Cl2N5O. The van der Waals surface area contributed by atoms with E-state index in [9.17, 15) is 4.79 Å². The number of pyridine rings is 1. The number of aromatic nitrogens is 2. The molecule has 160 valence electrons. The number of hydrogen-bond donors (Lipinski definition) is 1. The van der Waals surface area contributed by atoms with Crippen LogP contribution in [0.3, 0.4) is 0 Å². The fraction of sp³-hybridized carbons (Fsp3) is 0.364. The van der Waals surface area contributed by atoms with E-state index < -0.39 is 0 Å². The summed E-state index contributed by atoms with van der Waals surface area (Å²) in [6, 6.07) is 8.69. The molecule has 0 unspecified atom stereocenters. The predicted octanol–water partition coefficient (Wildman–Crippen LogP) is 4.84. The normalized spacial score (nSPS) is 11.3. The first-order valence-electron chi connectivity index (χ1n) is 10.0. The van der Waals surface area contributed by atoms with Crippen molar-refractivity contribution >= 4 is 46.3 Å². The summed E-state index contributed by atoms with van der Waals surface area (Å²) in [5, 5.41) is 3.72. The van der Waals surface area contributed by atoms with Crippen LogP contribution in [0.2, 0.25) is 10.0 Å². The molecule has 30 heavy (non-hydrogen) atoms. The van der Waals surface area contributed by atoms with Crippen molar-refractivity contribution in [3.63, 3.8) is 0 Å². The quantitative estimate of drug-likeness (QED) is 0.536. The number of benzene rings is 1. The summed E-state index contributed by atoms with van der Waals surface area (Å²) < 4.78 is 2.02. The number of halogens is 2. The average Bonchev–Trinajstić information content (AvgIpc) is 3.09. The summed E-state index contributed by atoms with van der Waals surface area (Å²) >= 11 is 12.0. The maximum atomic E-state index is 12.9. The van der Waals surface area contributed by atoms with Crippen molar-refractivity contribution in [3.8, 4) is 0 Å². The van der Waals surface area contributed by atoms with Crippen molar-refractivity contribution in [1.29, 1.82) is 0 Å². The van der Waals surface area contributed by atoms with E-state index in [4.69, 9.17) is 28.2 Å². The maximum Gasteiger partial charge on any atom is 0.257 e. The van der Waals surface area contributed by atoms with Crippen molar-refractivity contribution in [2.45, 2.75) is 20.3 Å². The van der Waals surface area contributed by atoms with Crippen LogP contribution in [-0.4, -0.2) is 53.9 Å². The minimum Gasteiger partial charge on any atom is -0.355 e. The average molecular weight is 448 g/mol. The Labute approximate surface area is 187 Å². The Morgan fingerprint density at radius 1 is 1.10 bits per heavy atom. The van der Waals surface area contributed by atoms with Gasteiger partial charge in [-0.3, -0.25) is 9.20 Å². The van der Waals surface area contributed by atoms with Gasteiger partial charge in [-0.1, -0.05) is 30.1 Å². The van der Waals surface area contributed by atoms with Crippen LogP contribution in [0.25, 0.3) is 5.65 Å². The molecule has 0 spiro atoms. The Bertz CT molecular complexity index is 1050. The first kappa shape index (κ1) is 22.4. The Balaban J connectivity index is 1.95. The second-order valence-corrected chi connectivity index (χ2v) is 8.16. The van der Waals surface area contributed by atoms with E-state index in [0.717, 1.165) is 43.2 Å². The SMILES string of the molecule is CCc1nc2ccc(C(=O)Nc3ccc(Cl)c(Cl)c3)cn2c1N(CC)CCN(C)C. The van der Waals surface area contributed by atoms with Crippen molar-refractivity contribution in [1.82, 2.24) is 14.3 Å². The molecule has 6 nitrogen and oxygen atoms in total. The number of carbonyl (C=O) groups is 1. The first-order valence-corrected chi connectivity index (χ1v) is 10.8.